The van der Waals surface area contributed by atoms with Gasteiger partial charge in [0.25, 0.3) is 0 Å². The van der Waals surface area contributed by atoms with Crippen molar-refractivity contribution in [2.75, 3.05) is 19.5 Å². The quantitative estimate of drug-likeness (QED) is 0.832. The number of nitrogens with zero attached hydrogens (tertiary/aromatic N) is 1. The summed E-state index contributed by atoms with van der Waals surface area (Å²) in [5.74, 6) is 0.802. The third-order valence-electron chi connectivity index (χ3n) is 2.47. The molecule has 1 N–H and O–H groups in total. The highest BCUT2D eigenvalue weighted by molar-refractivity contribution is 5.86. The Morgan fingerprint density at radius 1 is 1.37 bits per heavy atom. The SMILES string of the molecule is COC(=O)c1ccc(CNc2cccnc2OC)o1. The molecule has 0 radical (unpaired) electrons. The number of hydrogen-bond acceptors (Lipinski definition) is 6. The van der Waals surface area contributed by atoms with E-state index < -0.39 is 5.97 Å². The second kappa shape index (κ2) is 5.90. The van der Waals surface area contributed by atoms with Crippen molar-refractivity contribution >= 4 is 11.7 Å². The molecule has 0 fully saturated rings. The lowest BCUT2D eigenvalue weighted by Crippen LogP contribution is -2.02. The minimum atomic E-state index is -0.495. The normalized spacial score (nSPS) is 10.0. The zero-order valence-corrected chi connectivity index (χ0v) is 10.7. The molecule has 6 nitrogen and oxygen atoms in total. The number of hydrogen-bond donors (Lipinski definition) is 1. The summed E-state index contributed by atoms with van der Waals surface area (Å²) in [6.45, 7) is 0.416. The fourth-order valence-electron chi connectivity index (χ4n) is 1.55. The lowest BCUT2D eigenvalue weighted by Gasteiger charge is -2.08. The van der Waals surface area contributed by atoms with Crippen molar-refractivity contribution in [3.63, 3.8) is 0 Å². The van der Waals surface area contributed by atoms with Gasteiger partial charge in [0.05, 0.1) is 26.5 Å². The van der Waals surface area contributed by atoms with E-state index in [1.807, 2.05) is 6.07 Å². The number of ether oxygens (including phenoxy) is 2. The number of aromatic nitrogens is 1. The molecule has 0 saturated heterocycles. The molecule has 0 aliphatic rings. The van der Waals surface area contributed by atoms with Gasteiger partial charge in [0, 0.05) is 6.20 Å². The maximum absolute atomic E-state index is 11.2. The fourth-order valence-corrected chi connectivity index (χ4v) is 1.55. The van der Waals surface area contributed by atoms with Gasteiger partial charge < -0.3 is 19.2 Å². The summed E-state index contributed by atoms with van der Waals surface area (Å²) in [5, 5.41) is 3.12. The number of pyridine rings is 1. The Bertz CT molecular complexity index is 565. The molecule has 2 aromatic rings. The van der Waals surface area contributed by atoms with Crippen molar-refractivity contribution in [2.45, 2.75) is 6.54 Å². The maximum atomic E-state index is 11.2. The Labute approximate surface area is 110 Å². The Morgan fingerprint density at radius 3 is 2.95 bits per heavy atom. The van der Waals surface area contributed by atoms with E-state index in [2.05, 4.69) is 15.0 Å². The van der Waals surface area contributed by atoms with Gasteiger partial charge in [-0.15, -0.1) is 0 Å². The van der Waals surface area contributed by atoms with E-state index >= 15 is 0 Å². The molecule has 100 valence electrons. The van der Waals surface area contributed by atoms with Crippen molar-refractivity contribution in [1.82, 2.24) is 4.98 Å². The highest BCUT2D eigenvalue weighted by atomic mass is 16.5. The molecule has 6 heteroatoms. The Hall–Kier alpha value is -2.50. The molecule has 2 heterocycles. The molecule has 0 amide bonds. The lowest BCUT2D eigenvalue weighted by molar-refractivity contribution is 0.0563. The average molecular weight is 262 g/mol. The number of rotatable bonds is 5. The van der Waals surface area contributed by atoms with Crippen molar-refractivity contribution in [2.24, 2.45) is 0 Å². The number of carbonyl (C=O) groups excluding carboxylic acids is 1. The van der Waals surface area contributed by atoms with Gasteiger partial charge in [-0.25, -0.2) is 9.78 Å². The first-order valence-corrected chi connectivity index (χ1v) is 5.64. The number of carbonyl (C=O) groups is 1. The summed E-state index contributed by atoms with van der Waals surface area (Å²) in [6.07, 6.45) is 1.65. The summed E-state index contributed by atoms with van der Waals surface area (Å²) in [7, 11) is 2.86. The predicted molar refractivity (Wildman–Crippen MR) is 68.2 cm³/mol. The maximum Gasteiger partial charge on any atom is 0.373 e. The van der Waals surface area contributed by atoms with Gasteiger partial charge in [0.2, 0.25) is 11.6 Å². The van der Waals surface area contributed by atoms with E-state index in [1.54, 1.807) is 31.5 Å². The van der Waals surface area contributed by atoms with Crippen molar-refractivity contribution in [3.8, 4) is 5.88 Å². The van der Waals surface area contributed by atoms with Gasteiger partial charge in [-0.1, -0.05) is 0 Å². The third kappa shape index (κ3) is 3.04. The van der Waals surface area contributed by atoms with Crippen LogP contribution in [0.1, 0.15) is 16.3 Å². The topological polar surface area (TPSA) is 73.6 Å². The van der Waals surface area contributed by atoms with E-state index in [0.717, 1.165) is 5.69 Å². The lowest BCUT2D eigenvalue weighted by atomic mass is 10.3. The van der Waals surface area contributed by atoms with Crippen LogP contribution in [0.2, 0.25) is 0 Å². The summed E-state index contributed by atoms with van der Waals surface area (Å²) in [6, 6.07) is 6.92. The number of furan rings is 1. The van der Waals surface area contributed by atoms with Crippen LogP contribution in [0.4, 0.5) is 5.69 Å². The van der Waals surface area contributed by atoms with Crippen LogP contribution in [-0.2, 0) is 11.3 Å². The molecule has 2 rings (SSSR count). The van der Waals surface area contributed by atoms with E-state index in [1.165, 1.54) is 7.11 Å². The van der Waals surface area contributed by atoms with Crippen LogP contribution in [0.15, 0.2) is 34.9 Å². The monoisotopic (exact) mass is 262 g/mol. The molecule has 0 saturated carbocycles. The van der Waals surface area contributed by atoms with Gasteiger partial charge in [0.15, 0.2) is 0 Å². The molecule has 0 unspecified atom stereocenters. The van der Waals surface area contributed by atoms with Gasteiger partial charge >= 0.3 is 5.97 Å². The van der Waals surface area contributed by atoms with Crippen LogP contribution in [0.5, 0.6) is 5.88 Å². The second-order valence-corrected chi connectivity index (χ2v) is 3.67. The summed E-state index contributed by atoms with van der Waals surface area (Å²) >= 11 is 0. The van der Waals surface area contributed by atoms with Gasteiger partial charge in [-0.05, 0) is 24.3 Å². The van der Waals surface area contributed by atoms with E-state index in [4.69, 9.17) is 9.15 Å². The second-order valence-electron chi connectivity index (χ2n) is 3.67. The first-order chi connectivity index (χ1) is 9.24. The predicted octanol–water partition coefficient (Wildman–Crippen LogP) is 2.08. The highest BCUT2D eigenvalue weighted by Crippen LogP contribution is 2.21. The standard InChI is InChI=1S/C13H14N2O4/c1-17-12-10(4-3-7-14-12)15-8-9-5-6-11(19-9)13(16)18-2/h3-7,15H,8H2,1-2H3. The summed E-state index contributed by atoms with van der Waals surface area (Å²) in [4.78, 5) is 15.3. The summed E-state index contributed by atoms with van der Waals surface area (Å²) in [5.41, 5.74) is 0.751. The van der Waals surface area contributed by atoms with E-state index in [9.17, 15) is 4.79 Å². The van der Waals surface area contributed by atoms with Crippen molar-refractivity contribution in [1.29, 1.82) is 0 Å². The molecule has 2 aromatic heterocycles. The Balaban J connectivity index is 2.02. The van der Waals surface area contributed by atoms with Crippen molar-refractivity contribution < 1.29 is 18.7 Å². The van der Waals surface area contributed by atoms with Crippen LogP contribution in [0, 0.1) is 0 Å². The largest absolute Gasteiger partial charge is 0.480 e. The van der Waals surface area contributed by atoms with Gasteiger partial charge in [0.1, 0.15) is 5.76 Å². The number of esters is 1. The Morgan fingerprint density at radius 2 is 2.21 bits per heavy atom. The van der Waals surface area contributed by atoms with Crippen LogP contribution in [0.3, 0.4) is 0 Å². The third-order valence-corrected chi connectivity index (χ3v) is 2.47. The van der Waals surface area contributed by atoms with Crippen LogP contribution in [0.25, 0.3) is 0 Å². The minimum Gasteiger partial charge on any atom is -0.480 e. The van der Waals surface area contributed by atoms with Gasteiger partial charge in [-0.3, -0.25) is 0 Å². The molecule has 19 heavy (non-hydrogen) atoms. The molecule has 0 atom stereocenters. The smallest absolute Gasteiger partial charge is 0.373 e. The minimum absolute atomic E-state index is 0.178. The van der Waals surface area contributed by atoms with E-state index in [0.29, 0.717) is 18.2 Å². The molecule has 0 aliphatic carbocycles. The highest BCUT2D eigenvalue weighted by Gasteiger charge is 2.11. The number of anilines is 1. The van der Waals surface area contributed by atoms with Crippen LogP contribution >= 0.6 is 0 Å². The van der Waals surface area contributed by atoms with Crippen molar-refractivity contribution in [3.05, 3.63) is 42.0 Å². The zero-order valence-electron chi connectivity index (χ0n) is 10.7. The number of methoxy groups -OCH3 is 2. The first kappa shape index (κ1) is 12.9. The van der Waals surface area contributed by atoms with Crippen LogP contribution in [-0.4, -0.2) is 25.2 Å². The molecule has 0 aliphatic heterocycles. The number of nitrogens with one attached hydrogen (secondary N) is 1. The fraction of sp³-hybridized carbons (Fsp3) is 0.231. The summed E-state index contributed by atoms with van der Waals surface area (Å²) < 4.78 is 15.0. The van der Waals surface area contributed by atoms with E-state index in [-0.39, 0.29) is 5.76 Å². The molecular weight excluding hydrogens is 248 g/mol. The average Bonchev–Trinajstić information content (AvgIpc) is 2.93. The molecule has 0 bridgehead atoms. The van der Waals surface area contributed by atoms with Gasteiger partial charge in [-0.2, -0.15) is 0 Å². The zero-order chi connectivity index (χ0) is 13.7. The molecule has 0 aromatic carbocycles. The first-order valence-electron chi connectivity index (χ1n) is 5.64. The molecular formula is C13H14N2O4. The Kier molecular flexibility index (Phi) is 4.02. The molecule has 0 spiro atoms. The van der Waals surface area contributed by atoms with Crippen LogP contribution < -0.4 is 10.1 Å².